The van der Waals surface area contributed by atoms with E-state index in [1.165, 1.54) is 16.2 Å². The third-order valence-electron chi connectivity index (χ3n) is 4.51. The molecule has 0 saturated carbocycles. The summed E-state index contributed by atoms with van der Waals surface area (Å²) >= 11 is 0. The Morgan fingerprint density at radius 2 is 2.04 bits per heavy atom. The first-order valence-electron chi connectivity index (χ1n) is 7.89. The van der Waals surface area contributed by atoms with E-state index < -0.39 is 6.09 Å². The highest BCUT2D eigenvalue weighted by molar-refractivity contribution is 5.79. The Morgan fingerprint density at radius 3 is 2.71 bits per heavy atom. The van der Waals surface area contributed by atoms with E-state index in [2.05, 4.69) is 4.98 Å². The predicted octanol–water partition coefficient (Wildman–Crippen LogP) is 1.55. The highest BCUT2D eigenvalue weighted by atomic mass is 16.7. The minimum absolute atomic E-state index is 0.120. The van der Waals surface area contributed by atoms with Crippen LogP contribution in [0.15, 0.2) is 18.5 Å². The number of nitriles is 1. The first-order valence-corrected chi connectivity index (χ1v) is 7.89. The quantitative estimate of drug-likeness (QED) is 0.881. The van der Waals surface area contributed by atoms with Crippen molar-refractivity contribution in [1.29, 1.82) is 5.26 Å². The number of hydrogen-bond acceptors (Lipinski definition) is 5. The molecule has 126 valence electrons. The van der Waals surface area contributed by atoms with Crippen LogP contribution in [0, 0.1) is 17.2 Å². The van der Waals surface area contributed by atoms with Gasteiger partial charge in [-0.25, -0.2) is 9.86 Å². The largest absolute Gasteiger partial charge is 0.465 e. The van der Waals surface area contributed by atoms with Crippen molar-refractivity contribution < 1.29 is 19.5 Å². The number of nitrogens with zero attached hydrogens (tertiary/aromatic N) is 4. The summed E-state index contributed by atoms with van der Waals surface area (Å²) in [5.41, 5.74) is 1.23. The zero-order valence-electron chi connectivity index (χ0n) is 13.1. The molecule has 1 N–H and O–H groups in total. The average molecular weight is 330 g/mol. The van der Waals surface area contributed by atoms with Crippen LogP contribution in [0.1, 0.15) is 36.4 Å². The van der Waals surface area contributed by atoms with Gasteiger partial charge in [-0.1, -0.05) is 0 Å². The fourth-order valence-electron chi connectivity index (χ4n) is 3.19. The van der Waals surface area contributed by atoms with E-state index >= 15 is 0 Å². The van der Waals surface area contributed by atoms with Gasteiger partial charge in [0.15, 0.2) is 0 Å². The second kappa shape index (κ2) is 6.84. The lowest BCUT2D eigenvalue weighted by Gasteiger charge is -2.32. The van der Waals surface area contributed by atoms with Crippen LogP contribution < -0.4 is 0 Å². The molecule has 8 nitrogen and oxygen atoms in total. The van der Waals surface area contributed by atoms with Gasteiger partial charge in [0.2, 0.25) is 5.91 Å². The van der Waals surface area contributed by atoms with Gasteiger partial charge >= 0.3 is 6.09 Å². The number of carbonyl (C=O) groups excluding carboxylic acids is 1. The molecule has 0 aromatic carbocycles. The fraction of sp³-hybridized carbons (Fsp3) is 0.500. The molecule has 0 spiro atoms. The number of hydroxylamine groups is 2. The van der Waals surface area contributed by atoms with Gasteiger partial charge in [0.25, 0.3) is 0 Å². The molecule has 2 fully saturated rings. The van der Waals surface area contributed by atoms with Crippen LogP contribution in [-0.2, 0) is 9.63 Å². The molecule has 2 aliphatic heterocycles. The van der Waals surface area contributed by atoms with Gasteiger partial charge in [0, 0.05) is 37.8 Å². The molecule has 1 aromatic heterocycles. The zero-order chi connectivity index (χ0) is 17.1. The van der Waals surface area contributed by atoms with Crippen LogP contribution in [0.2, 0.25) is 0 Å². The molecule has 0 radical (unpaired) electrons. The molecule has 0 bridgehead atoms. The zero-order valence-corrected chi connectivity index (χ0v) is 13.1. The second-order valence-electron chi connectivity index (χ2n) is 5.96. The molecule has 8 heteroatoms. The van der Waals surface area contributed by atoms with Crippen LogP contribution in [-0.4, -0.2) is 51.8 Å². The van der Waals surface area contributed by atoms with Gasteiger partial charge in [-0.2, -0.15) is 5.26 Å². The van der Waals surface area contributed by atoms with Crippen LogP contribution in [0.3, 0.4) is 0 Å². The summed E-state index contributed by atoms with van der Waals surface area (Å²) in [6.07, 6.45) is 3.81. The van der Waals surface area contributed by atoms with Crippen LogP contribution in [0.5, 0.6) is 0 Å². The number of pyridine rings is 1. The number of rotatable bonds is 2. The monoisotopic (exact) mass is 330 g/mol. The molecule has 0 unspecified atom stereocenters. The van der Waals surface area contributed by atoms with E-state index in [0.717, 1.165) is 5.56 Å². The van der Waals surface area contributed by atoms with Crippen molar-refractivity contribution in [1.82, 2.24) is 14.9 Å². The summed E-state index contributed by atoms with van der Waals surface area (Å²) in [4.78, 5) is 34.6. The van der Waals surface area contributed by atoms with Crippen molar-refractivity contribution in [2.45, 2.75) is 25.3 Å². The predicted molar refractivity (Wildman–Crippen MR) is 81.4 cm³/mol. The molecule has 1 atom stereocenters. The third kappa shape index (κ3) is 3.16. The minimum atomic E-state index is -0.949. The molecule has 3 rings (SSSR count). The lowest BCUT2D eigenvalue weighted by atomic mass is 9.95. The minimum Gasteiger partial charge on any atom is -0.465 e. The molecular formula is C16H18N4O4. The SMILES string of the molecule is N#Cc1cncc([C@@H]2CCON2C(=O)C2CCN(C(=O)O)CC2)c1. The molecule has 24 heavy (non-hydrogen) atoms. The summed E-state index contributed by atoms with van der Waals surface area (Å²) < 4.78 is 0. The Bertz CT molecular complexity index is 679. The maximum absolute atomic E-state index is 12.8. The van der Waals surface area contributed by atoms with Crippen molar-refractivity contribution in [3.63, 3.8) is 0 Å². The van der Waals surface area contributed by atoms with Gasteiger partial charge in [0.05, 0.1) is 18.2 Å². The first kappa shape index (κ1) is 16.2. The second-order valence-corrected chi connectivity index (χ2v) is 5.96. The molecular weight excluding hydrogens is 312 g/mol. The Labute approximate surface area is 139 Å². The molecule has 2 amide bonds. The Hall–Kier alpha value is -2.66. The van der Waals surface area contributed by atoms with Crippen molar-refractivity contribution in [2.24, 2.45) is 5.92 Å². The van der Waals surface area contributed by atoms with E-state index in [0.29, 0.717) is 44.5 Å². The summed E-state index contributed by atoms with van der Waals surface area (Å²) in [5.74, 6) is -0.363. The van der Waals surface area contributed by atoms with E-state index in [4.69, 9.17) is 15.2 Å². The number of carbonyl (C=O) groups is 2. The highest BCUT2D eigenvalue weighted by Crippen LogP contribution is 2.33. The van der Waals surface area contributed by atoms with Crippen molar-refractivity contribution in [2.75, 3.05) is 19.7 Å². The lowest BCUT2D eigenvalue weighted by molar-refractivity contribution is -0.183. The van der Waals surface area contributed by atoms with Gasteiger partial charge < -0.3 is 10.0 Å². The number of hydrogen-bond donors (Lipinski definition) is 1. The summed E-state index contributed by atoms with van der Waals surface area (Å²) in [7, 11) is 0. The van der Waals surface area contributed by atoms with E-state index in [-0.39, 0.29) is 17.9 Å². The van der Waals surface area contributed by atoms with Crippen LogP contribution in [0.25, 0.3) is 0 Å². The number of aromatic nitrogens is 1. The highest BCUT2D eigenvalue weighted by Gasteiger charge is 2.37. The number of likely N-dealkylation sites (tertiary alicyclic amines) is 1. The van der Waals surface area contributed by atoms with Gasteiger partial charge in [-0.3, -0.25) is 14.6 Å². The third-order valence-corrected chi connectivity index (χ3v) is 4.51. The smallest absolute Gasteiger partial charge is 0.407 e. The maximum Gasteiger partial charge on any atom is 0.407 e. The number of piperidine rings is 1. The van der Waals surface area contributed by atoms with Crippen molar-refractivity contribution >= 4 is 12.0 Å². The van der Waals surface area contributed by atoms with Crippen molar-refractivity contribution in [3.05, 3.63) is 29.6 Å². The standard InChI is InChI=1S/C16H18N4O4/c17-8-11-7-13(10-18-9-11)14-3-6-24-20(14)15(21)12-1-4-19(5-2-12)16(22)23/h7,9-10,12,14H,1-6H2,(H,22,23)/t14-/m0/s1. The van der Waals surface area contributed by atoms with Gasteiger partial charge in [-0.15, -0.1) is 0 Å². The molecule has 0 aliphatic carbocycles. The summed E-state index contributed by atoms with van der Waals surface area (Å²) in [6, 6.07) is 3.51. The van der Waals surface area contributed by atoms with E-state index in [1.807, 2.05) is 6.07 Å². The fourth-order valence-corrected chi connectivity index (χ4v) is 3.19. The van der Waals surface area contributed by atoms with E-state index in [1.54, 1.807) is 12.3 Å². The lowest BCUT2D eigenvalue weighted by Crippen LogP contribution is -2.43. The van der Waals surface area contributed by atoms with E-state index in [9.17, 15) is 9.59 Å². The topological polar surface area (TPSA) is 107 Å². The van der Waals surface area contributed by atoms with Crippen molar-refractivity contribution in [3.8, 4) is 6.07 Å². The Kier molecular flexibility index (Phi) is 4.62. The normalized spacial score (nSPS) is 21.5. The molecule has 2 saturated heterocycles. The maximum atomic E-state index is 12.8. The molecule has 1 aromatic rings. The van der Waals surface area contributed by atoms with Gasteiger partial charge in [0.1, 0.15) is 6.07 Å². The first-order chi connectivity index (χ1) is 11.6. The Balaban J connectivity index is 1.70. The molecule has 2 aliphatic rings. The van der Waals surface area contributed by atoms with Crippen LogP contribution in [0.4, 0.5) is 4.79 Å². The van der Waals surface area contributed by atoms with Gasteiger partial charge in [-0.05, 0) is 24.5 Å². The average Bonchev–Trinajstić information content (AvgIpc) is 3.11. The summed E-state index contributed by atoms with van der Waals surface area (Å²) in [6.45, 7) is 1.15. The number of carboxylic acid groups (broad SMARTS) is 1. The summed E-state index contributed by atoms with van der Waals surface area (Å²) in [5, 5.41) is 19.4. The molecule has 3 heterocycles. The Morgan fingerprint density at radius 1 is 1.29 bits per heavy atom. The number of amides is 2. The van der Waals surface area contributed by atoms with Crippen LogP contribution >= 0.6 is 0 Å².